The third kappa shape index (κ3) is 5.09. The lowest BCUT2D eigenvalue weighted by Gasteiger charge is -2.21. The van der Waals surface area contributed by atoms with Gasteiger partial charge in [-0.2, -0.15) is 0 Å². The van der Waals surface area contributed by atoms with Crippen LogP contribution in [0, 0.1) is 6.92 Å². The van der Waals surface area contributed by atoms with E-state index in [0.717, 1.165) is 32.7 Å². The van der Waals surface area contributed by atoms with Gasteiger partial charge in [-0.3, -0.25) is 14.9 Å². The molecule has 0 aliphatic heterocycles. The van der Waals surface area contributed by atoms with Gasteiger partial charge in [0.2, 0.25) is 0 Å². The van der Waals surface area contributed by atoms with E-state index in [0.29, 0.717) is 0 Å². The molecule has 7 nitrogen and oxygen atoms in total. The van der Waals surface area contributed by atoms with Crippen molar-refractivity contribution >= 4 is 23.7 Å². The number of aryl methyl sites for hydroxylation is 1. The Labute approximate surface area is 203 Å². The Kier molecular flexibility index (Phi) is 6.96. The van der Waals surface area contributed by atoms with Gasteiger partial charge in [-0.15, -0.1) is 6.58 Å². The van der Waals surface area contributed by atoms with Crippen molar-refractivity contribution in [1.82, 2.24) is 4.90 Å². The molecule has 2 amide bonds. The van der Waals surface area contributed by atoms with E-state index in [2.05, 4.69) is 24.0 Å². The Morgan fingerprint density at radius 1 is 1.03 bits per heavy atom. The number of carboxylic acids is 1. The molecule has 4 rings (SSSR count). The molecule has 2 N–H and O–H groups in total. The highest BCUT2D eigenvalue weighted by Gasteiger charge is 2.29. The van der Waals surface area contributed by atoms with Crippen LogP contribution in [0.5, 0.6) is 0 Å². The summed E-state index contributed by atoms with van der Waals surface area (Å²) in [5.41, 5.74) is 5.68. The van der Waals surface area contributed by atoms with Crippen LogP contribution in [0.1, 0.15) is 33.0 Å². The normalized spacial score (nSPS) is 11.8. The number of hydrogen-bond donors (Lipinski definition) is 2. The van der Waals surface area contributed by atoms with Gasteiger partial charge in [0.1, 0.15) is 13.2 Å². The average molecular weight is 471 g/mol. The second-order valence-corrected chi connectivity index (χ2v) is 8.37. The van der Waals surface area contributed by atoms with Crippen LogP contribution in [0.15, 0.2) is 79.4 Å². The van der Waals surface area contributed by atoms with Gasteiger partial charge >= 0.3 is 12.1 Å². The lowest BCUT2D eigenvalue weighted by Crippen LogP contribution is -2.36. The van der Waals surface area contributed by atoms with Crippen molar-refractivity contribution in [2.45, 2.75) is 12.8 Å². The number of anilines is 1. The van der Waals surface area contributed by atoms with Gasteiger partial charge < -0.3 is 14.7 Å². The molecule has 0 radical (unpaired) electrons. The van der Waals surface area contributed by atoms with Gasteiger partial charge in [-0.25, -0.2) is 4.79 Å². The number of nitrogens with zero attached hydrogens (tertiary/aromatic N) is 1. The predicted molar refractivity (Wildman–Crippen MR) is 134 cm³/mol. The van der Waals surface area contributed by atoms with Crippen LogP contribution < -0.4 is 5.32 Å². The first kappa shape index (κ1) is 23.8. The molecule has 178 valence electrons. The molecule has 0 heterocycles. The van der Waals surface area contributed by atoms with Crippen molar-refractivity contribution in [3.63, 3.8) is 0 Å². The molecule has 35 heavy (non-hydrogen) atoms. The zero-order chi connectivity index (χ0) is 24.9. The van der Waals surface area contributed by atoms with Gasteiger partial charge in [0.15, 0.2) is 0 Å². The van der Waals surface area contributed by atoms with Crippen LogP contribution in [0.3, 0.4) is 0 Å². The van der Waals surface area contributed by atoms with E-state index < -0.39 is 24.5 Å². The van der Waals surface area contributed by atoms with Crippen LogP contribution >= 0.6 is 0 Å². The van der Waals surface area contributed by atoms with Crippen LogP contribution in [0.2, 0.25) is 0 Å². The van der Waals surface area contributed by atoms with Crippen molar-refractivity contribution in [1.29, 1.82) is 0 Å². The summed E-state index contributed by atoms with van der Waals surface area (Å²) in [7, 11) is 0. The minimum atomic E-state index is -1.14. The fourth-order valence-corrected chi connectivity index (χ4v) is 4.40. The van der Waals surface area contributed by atoms with Crippen molar-refractivity contribution in [3.8, 4) is 11.1 Å². The highest BCUT2D eigenvalue weighted by atomic mass is 16.5. The first-order chi connectivity index (χ1) is 16.9. The van der Waals surface area contributed by atoms with E-state index in [-0.39, 0.29) is 30.3 Å². The quantitative estimate of drug-likeness (QED) is 0.448. The highest BCUT2D eigenvalue weighted by Crippen LogP contribution is 2.44. The molecule has 3 aromatic carbocycles. The number of carboxylic acid groups (broad SMARTS) is 1. The molecular weight excluding hydrogens is 444 g/mol. The molecule has 1 aliphatic rings. The fourth-order valence-electron chi connectivity index (χ4n) is 4.40. The number of benzene rings is 3. The number of nitrogens with one attached hydrogen (secondary N) is 1. The van der Waals surface area contributed by atoms with E-state index >= 15 is 0 Å². The third-order valence-corrected chi connectivity index (χ3v) is 5.95. The van der Waals surface area contributed by atoms with Crippen LogP contribution in [-0.2, 0) is 9.53 Å². The molecule has 0 saturated carbocycles. The highest BCUT2D eigenvalue weighted by molar-refractivity contribution is 6.03. The Morgan fingerprint density at radius 2 is 1.66 bits per heavy atom. The number of carbonyl (C=O) groups excluding carboxylic acids is 2. The van der Waals surface area contributed by atoms with Gasteiger partial charge in [-0.05, 0) is 41.3 Å². The first-order valence-electron chi connectivity index (χ1n) is 11.2. The summed E-state index contributed by atoms with van der Waals surface area (Å²) in [6, 6.07) is 21.1. The summed E-state index contributed by atoms with van der Waals surface area (Å²) >= 11 is 0. The van der Waals surface area contributed by atoms with Gasteiger partial charge in [-0.1, -0.05) is 66.2 Å². The Bertz CT molecular complexity index is 1250. The van der Waals surface area contributed by atoms with Gasteiger partial charge in [0.25, 0.3) is 5.91 Å². The van der Waals surface area contributed by atoms with Crippen LogP contribution in [0.25, 0.3) is 11.1 Å². The number of rotatable bonds is 8. The first-order valence-corrected chi connectivity index (χ1v) is 11.2. The number of amides is 2. The maximum atomic E-state index is 13.1. The molecule has 0 atom stereocenters. The monoisotopic (exact) mass is 470 g/mol. The molecule has 3 aromatic rings. The van der Waals surface area contributed by atoms with Crippen LogP contribution in [0.4, 0.5) is 10.5 Å². The second kappa shape index (κ2) is 10.3. The summed E-state index contributed by atoms with van der Waals surface area (Å²) in [6.45, 7) is 5.11. The van der Waals surface area contributed by atoms with E-state index in [4.69, 9.17) is 4.74 Å². The molecule has 0 fully saturated rings. The topological polar surface area (TPSA) is 95.9 Å². The maximum Gasteiger partial charge on any atom is 0.411 e. The lowest BCUT2D eigenvalue weighted by molar-refractivity contribution is -0.137. The standard InChI is InChI=1S/C28H26N2O5/c1-3-14-30(16-26(31)32)27(33)23-15-18(2)12-13-25(23)29-28(34)35-17-24-21-10-6-4-8-19(21)20-9-5-7-11-22(20)24/h3-13,15,24H,1,14,16-17H2,2H3,(H,29,34)(H,31,32). The zero-order valence-electron chi connectivity index (χ0n) is 19.4. The minimum absolute atomic E-state index is 0.0590. The van der Waals surface area contributed by atoms with Crippen molar-refractivity contribution in [2.75, 3.05) is 25.0 Å². The van der Waals surface area contributed by atoms with Crippen molar-refractivity contribution < 1.29 is 24.2 Å². The maximum absolute atomic E-state index is 13.1. The van der Waals surface area contributed by atoms with E-state index in [1.165, 1.54) is 6.08 Å². The molecule has 0 saturated heterocycles. The number of ether oxygens (including phenoxy) is 1. The Morgan fingerprint density at radius 3 is 2.26 bits per heavy atom. The lowest BCUT2D eigenvalue weighted by atomic mass is 9.98. The van der Waals surface area contributed by atoms with E-state index in [1.807, 2.05) is 43.3 Å². The van der Waals surface area contributed by atoms with Crippen LogP contribution in [-0.4, -0.2) is 47.7 Å². The number of fused-ring (bicyclic) bond motifs is 3. The molecule has 0 unspecified atom stereocenters. The summed E-state index contributed by atoms with van der Waals surface area (Å²) < 4.78 is 5.60. The number of carbonyl (C=O) groups is 3. The Hall–Kier alpha value is -4.39. The molecule has 0 bridgehead atoms. The summed E-state index contributed by atoms with van der Waals surface area (Å²) in [4.78, 5) is 38.2. The zero-order valence-corrected chi connectivity index (χ0v) is 19.4. The van der Waals surface area contributed by atoms with Gasteiger partial charge in [0.05, 0.1) is 11.3 Å². The third-order valence-electron chi connectivity index (χ3n) is 5.95. The number of aliphatic carboxylic acids is 1. The largest absolute Gasteiger partial charge is 0.480 e. The number of hydrogen-bond acceptors (Lipinski definition) is 4. The Balaban J connectivity index is 1.51. The summed E-state index contributed by atoms with van der Waals surface area (Å²) in [6.07, 6.45) is 0.758. The molecule has 0 spiro atoms. The SMILES string of the molecule is C=CCN(CC(=O)O)C(=O)c1cc(C)ccc1NC(=O)OCC1c2ccccc2-c2ccccc21. The predicted octanol–water partition coefficient (Wildman–Crippen LogP) is 5.07. The van der Waals surface area contributed by atoms with Gasteiger partial charge in [0, 0.05) is 12.5 Å². The van der Waals surface area contributed by atoms with Crippen molar-refractivity contribution in [3.05, 3.63) is 102 Å². The van der Waals surface area contributed by atoms with Crippen molar-refractivity contribution in [2.24, 2.45) is 0 Å². The summed E-state index contributed by atoms with van der Waals surface area (Å²) in [5.74, 6) is -1.75. The molecular formula is C28H26N2O5. The molecule has 1 aliphatic carbocycles. The molecule has 7 heteroatoms. The van der Waals surface area contributed by atoms with E-state index in [9.17, 15) is 19.5 Å². The minimum Gasteiger partial charge on any atom is -0.480 e. The van der Waals surface area contributed by atoms with E-state index in [1.54, 1.807) is 18.2 Å². The average Bonchev–Trinajstić information content (AvgIpc) is 3.16. The second-order valence-electron chi connectivity index (χ2n) is 8.37. The smallest absolute Gasteiger partial charge is 0.411 e. The molecule has 0 aromatic heterocycles. The summed E-state index contributed by atoms with van der Waals surface area (Å²) in [5, 5.41) is 11.8. The fraction of sp³-hybridized carbons (Fsp3) is 0.179.